The van der Waals surface area contributed by atoms with Crippen molar-refractivity contribution in [3.05, 3.63) is 52.4 Å². The molecule has 0 aliphatic carbocycles. The zero-order chi connectivity index (χ0) is 15.4. The molecule has 112 valence electrons. The van der Waals surface area contributed by atoms with Gasteiger partial charge in [-0.3, -0.25) is 9.69 Å². The van der Waals surface area contributed by atoms with Gasteiger partial charge in [0.15, 0.2) is 0 Å². The fourth-order valence-corrected chi connectivity index (χ4v) is 2.39. The van der Waals surface area contributed by atoms with Crippen molar-refractivity contribution in [2.75, 3.05) is 26.4 Å². The van der Waals surface area contributed by atoms with E-state index < -0.39 is 0 Å². The third-order valence-electron chi connectivity index (χ3n) is 3.21. The summed E-state index contributed by atoms with van der Waals surface area (Å²) in [5.41, 5.74) is 6.75. The number of nitrogen functional groups attached to an aromatic ring is 1. The Morgan fingerprint density at radius 2 is 2.19 bits per heavy atom. The summed E-state index contributed by atoms with van der Waals surface area (Å²) < 4.78 is 6.23. The van der Waals surface area contributed by atoms with E-state index in [-0.39, 0.29) is 11.9 Å². The molecule has 3 N–H and O–H groups in total. The number of rotatable bonds is 5. The summed E-state index contributed by atoms with van der Waals surface area (Å²) in [6.07, 6.45) is 1.62. The summed E-state index contributed by atoms with van der Waals surface area (Å²) >= 11 is 3.34. The Morgan fingerprint density at radius 3 is 2.81 bits per heavy atom. The van der Waals surface area contributed by atoms with E-state index in [0.29, 0.717) is 17.8 Å². The van der Waals surface area contributed by atoms with E-state index in [1.807, 2.05) is 31.1 Å². The van der Waals surface area contributed by atoms with Crippen LogP contribution in [0.2, 0.25) is 0 Å². The number of nitrogens with zero attached hydrogens (tertiary/aromatic N) is 1. The van der Waals surface area contributed by atoms with Crippen LogP contribution in [0.15, 0.2) is 45.5 Å². The number of nitrogens with two attached hydrogens (primary N) is 1. The van der Waals surface area contributed by atoms with E-state index >= 15 is 0 Å². The second-order valence-corrected chi connectivity index (χ2v) is 5.85. The number of furan rings is 1. The van der Waals surface area contributed by atoms with E-state index in [9.17, 15) is 4.79 Å². The van der Waals surface area contributed by atoms with Crippen molar-refractivity contribution in [1.29, 1.82) is 0 Å². The number of hydrogen-bond acceptors (Lipinski definition) is 4. The molecule has 1 aromatic carbocycles. The first-order valence-corrected chi connectivity index (χ1v) is 7.31. The molecule has 0 aliphatic heterocycles. The van der Waals surface area contributed by atoms with Gasteiger partial charge in [-0.25, -0.2) is 0 Å². The van der Waals surface area contributed by atoms with Gasteiger partial charge < -0.3 is 15.5 Å². The third kappa shape index (κ3) is 3.86. The molecule has 1 aromatic heterocycles. The van der Waals surface area contributed by atoms with Gasteiger partial charge in [0.1, 0.15) is 5.76 Å². The standard InChI is InChI=1S/C15H18BrN3O2/c1-19(2)13(14-4-3-7-21-14)9-18-15(20)11-8-10(16)5-6-12(11)17/h3-8,13H,9,17H2,1-2H3,(H,18,20). The van der Waals surface area contributed by atoms with Crippen molar-refractivity contribution in [2.24, 2.45) is 0 Å². The van der Waals surface area contributed by atoms with Gasteiger partial charge in [0, 0.05) is 16.7 Å². The molecule has 2 rings (SSSR count). The molecule has 0 fully saturated rings. The van der Waals surface area contributed by atoms with Gasteiger partial charge >= 0.3 is 0 Å². The molecule has 0 bridgehead atoms. The second kappa shape index (κ2) is 6.78. The van der Waals surface area contributed by atoms with Crippen LogP contribution >= 0.6 is 15.9 Å². The lowest BCUT2D eigenvalue weighted by molar-refractivity contribution is 0.0940. The smallest absolute Gasteiger partial charge is 0.253 e. The molecule has 0 aliphatic rings. The van der Waals surface area contributed by atoms with Crippen LogP contribution in [-0.2, 0) is 0 Å². The Kier molecular flexibility index (Phi) is 5.03. The number of benzene rings is 1. The summed E-state index contributed by atoms with van der Waals surface area (Å²) in [6.45, 7) is 0.436. The Labute approximate surface area is 132 Å². The average Bonchev–Trinajstić information content (AvgIpc) is 2.95. The van der Waals surface area contributed by atoms with Gasteiger partial charge in [-0.1, -0.05) is 15.9 Å². The molecule has 0 saturated carbocycles. The van der Waals surface area contributed by atoms with Crippen molar-refractivity contribution in [3.63, 3.8) is 0 Å². The molecule has 0 spiro atoms. The Morgan fingerprint density at radius 1 is 1.43 bits per heavy atom. The van der Waals surface area contributed by atoms with Crippen LogP contribution in [0.5, 0.6) is 0 Å². The van der Waals surface area contributed by atoms with Gasteiger partial charge in [0.25, 0.3) is 5.91 Å². The lowest BCUT2D eigenvalue weighted by atomic mass is 10.1. The van der Waals surface area contributed by atoms with Gasteiger partial charge in [-0.2, -0.15) is 0 Å². The zero-order valence-corrected chi connectivity index (χ0v) is 13.6. The highest BCUT2D eigenvalue weighted by atomic mass is 79.9. The third-order valence-corrected chi connectivity index (χ3v) is 3.70. The van der Waals surface area contributed by atoms with Crippen molar-refractivity contribution in [2.45, 2.75) is 6.04 Å². The largest absolute Gasteiger partial charge is 0.468 e. The fraction of sp³-hybridized carbons (Fsp3) is 0.267. The normalized spacial score (nSPS) is 12.4. The fourth-order valence-electron chi connectivity index (χ4n) is 2.03. The number of nitrogens with one attached hydrogen (secondary N) is 1. The Hall–Kier alpha value is -1.79. The first-order chi connectivity index (χ1) is 9.99. The molecule has 5 nitrogen and oxygen atoms in total. The molecule has 6 heteroatoms. The van der Waals surface area contributed by atoms with Gasteiger partial charge in [-0.05, 0) is 44.4 Å². The first kappa shape index (κ1) is 15.6. The number of anilines is 1. The molecule has 1 amide bonds. The summed E-state index contributed by atoms with van der Waals surface area (Å²) in [7, 11) is 3.87. The number of halogens is 1. The number of carbonyl (C=O) groups excluding carboxylic acids is 1. The van der Waals surface area contributed by atoms with Crippen molar-refractivity contribution >= 4 is 27.5 Å². The van der Waals surface area contributed by atoms with Gasteiger partial charge in [-0.15, -0.1) is 0 Å². The van der Waals surface area contributed by atoms with Crippen LogP contribution in [0.1, 0.15) is 22.2 Å². The quantitative estimate of drug-likeness (QED) is 0.812. The molecule has 1 atom stereocenters. The van der Waals surface area contributed by atoms with Crippen LogP contribution in [-0.4, -0.2) is 31.4 Å². The highest BCUT2D eigenvalue weighted by Crippen LogP contribution is 2.20. The SMILES string of the molecule is CN(C)C(CNC(=O)c1cc(Br)ccc1N)c1ccco1. The molecule has 2 aromatic rings. The number of amides is 1. The summed E-state index contributed by atoms with van der Waals surface area (Å²) in [5, 5.41) is 2.90. The molecular formula is C15H18BrN3O2. The summed E-state index contributed by atoms with van der Waals surface area (Å²) in [5.74, 6) is 0.606. The minimum atomic E-state index is -0.202. The number of hydrogen-bond donors (Lipinski definition) is 2. The molecule has 21 heavy (non-hydrogen) atoms. The van der Waals surface area contributed by atoms with Crippen LogP contribution in [0, 0.1) is 0 Å². The second-order valence-electron chi connectivity index (χ2n) is 4.94. The average molecular weight is 352 g/mol. The number of carbonyl (C=O) groups is 1. The van der Waals surface area contributed by atoms with Gasteiger partial charge in [0.2, 0.25) is 0 Å². The first-order valence-electron chi connectivity index (χ1n) is 6.52. The minimum absolute atomic E-state index is 0.0303. The maximum atomic E-state index is 12.3. The molecule has 1 heterocycles. The van der Waals surface area contributed by atoms with Crippen LogP contribution in [0.25, 0.3) is 0 Å². The highest BCUT2D eigenvalue weighted by Gasteiger charge is 2.19. The Balaban J connectivity index is 2.07. The lowest BCUT2D eigenvalue weighted by Gasteiger charge is -2.22. The van der Waals surface area contributed by atoms with Crippen molar-refractivity contribution in [3.8, 4) is 0 Å². The van der Waals surface area contributed by atoms with Crippen molar-refractivity contribution < 1.29 is 9.21 Å². The van der Waals surface area contributed by atoms with E-state index in [0.717, 1.165) is 10.2 Å². The Bertz CT molecular complexity index is 611. The van der Waals surface area contributed by atoms with Crippen LogP contribution < -0.4 is 11.1 Å². The van der Waals surface area contributed by atoms with Gasteiger partial charge in [0.05, 0.1) is 17.9 Å². The zero-order valence-electron chi connectivity index (χ0n) is 12.0. The maximum absolute atomic E-state index is 12.3. The van der Waals surface area contributed by atoms with E-state index in [4.69, 9.17) is 10.2 Å². The summed E-state index contributed by atoms with van der Waals surface area (Å²) in [4.78, 5) is 14.2. The lowest BCUT2D eigenvalue weighted by Crippen LogP contribution is -2.34. The molecule has 1 unspecified atom stereocenters. The van der Waals surface area contributed by atoms with Crippen molar-refractivity contribution in [1.82, 2.24) is 10.2 Å². The molecule has 0 radical (unpaired) electrons. The minimum Gasteiger partial charge on any atom is -0.468 e. The van der Waals surface area contributed by atoms with E-state index in [1.54, 1.807) is 24.5 Å². The highest BCUT2D eigenvalue weighted by molar-refractivity contribution is 9.10. The predicted molar refractivity (Wildman–Crippen MR) is 86.0 cm³/mol. The molecule has 0 saturated heterocycles. The van der Waals surface area contributed by atoms with E-state index in [1.165, 1.54) is 0 Å². The maximum Gasteiger partial charge on any atom is 0.253 e. The topological polar surface area (TPSA) is 71.5 Å². The molecular weight excluding hydrogens is 334 g/mol. The predicted octanol–water partition coefficient (Wildman–Crippen LogP) is 2.66. The van der Waals surface area contributed by atoms with Crippen LogP contribution in [0.3, 0.4) is 0 Å². The van der Waals surface area contributed by atoms with E-state index in [2.05, 4.69) is 21.2 Å². The summed E-state index contributed by atoms with van der Waals surface area (Å²) in [6, 6.07) is 8.91. The monoisotopic (exact) mass is 351 g/mol. The number of likely N-dealkylation sites (N-methyl/N-ethyl adjacent to an activating group) is 1. The van der Waals surface area contributed by atoms with Crippen LogP contribution in [0.4, 0.5) is 5.69 Å².